The first kappa shape index (κ1) is 15.8. The Labute approximate surface area is 153 Å². The molecule has 0 atom stereocenters. The predicted octanol–water partition coefficient (Wildman–Crippen LogP) is 3.64. The van der Waals surface area contributed by atoms with Crippen molar-refractivity contribution in [2.75, 3.05) is 0 Å². The number of rotatable bonds is 4. The summed E-state index contributed by atoms with van der Waals surface area (Å²) in [6, 6.07) is 29.2. The average molecular weight is 387 g/mol. The SMILES string of the molecule is C(=Nc1cccc2ncccc12)c1ccccc1[Se]c1ccccc1. The first-order valence-electron chi connectivity index (χ1n) is 8.10. The summed E-state index contributed by atoms with van der Waals surface area (Å²) in [4.78, 5) is 9.15. The van der Waals surface area contributed by atoms with Crippen LogP contribution in [0, 0.1) is 0 Å². The van der Waals surface area contributed by atoms with Crippen molar-refractivity contribution in [3.8, 4) is 0 Å². The van der Waals surface area contributed by atoms with Gasteiger partial charge in [-0.15, -0.1) is 0 Å². The molecule has 25 heavy (non-hydrogen) atoms. The quantitative estimate of drug-likeness (QED) is 0.388. The number of pyridine rings is 1. The van der Waals surface area contributed by atoms with Crippen molar-refractivity contribution in [3.05, 3.63) is 96.7 Å². The van der Waals surface area contributed by atoms with Gasteiger partial charge in [-0.1, -0.05) is 0 Å². The molecular weight excluding hydrogens is 371 g/mol. The van der Waals surface area contributed by atoms with Crippen molar-refractivity contribution in [1.82, 2.24) is 4.98 Å². The topological polar surface area (TPSA) is 25.2 Å². The van der Waals surface area contributed by atoms with Crippen LogP contribution in [0.15, 0.2) is 96.1 Å². The Hall–Kier alpha value is -2.74. The van der Waals surface area contributed by atoms with Crippen LogP contribution in [0.2, 0.25) is 0 Å². The Morgan fingerprint density at radius 3 is 2.52 bits per heavy atom. The van der Waals surface area contributed by atoms with Gasteiger partial charge in [0.1, 0.15) is 0 Å². The standard InChI is InChI=1S/C22H16N2Se/c1-2-9-18(10-3-1)25-22-14-5-4-8-17(22)16-24-21-13-6-12-20-19(21)11-7-15-23-20/h1-16H. The van der Waals surface area contributed by atoms with E-state index in [2.05, 4.69) is 65.6 Å². The summed E-state index contributed by atoms with van der Waals surface area (Å²) in [5.74, 6) is 0. The third kappa shape index (κ3) is 3.69. The zero-order valence-corrected chi connectivity index (χ0v) is 15.3. The number of benzene rings is 3. The van der Waals surface area contributed by atoms with Crippen molar-refractivity contribution in [2.45, 2.75) is 0 Å². The van der Waals surface area contributed by atoms with Gasteiger partial charge in [-0.25, -0.2) is 0 Å². The Morgan fingerprint density at radius 1 is 0.760 bits per heavy atom. The Bertz CT molecular complexity index is 1020. The molecule has 120 valence electrons. The fourth-order valence-corrected chi connectivity index (χ4v) is 4.59. The van der Waals surface area contributed by atoms with Crippen molar-refractivity contribution >= 4 is 46.7 Å². The van der Waals surface area contributed by atoms with Gasteiger partial charge in [0.05, 0.1) is 0 Å². The maximum atomic E-state index is 4.75. The number of hydrogen-bond acceptors (Lipinski definition) is 2. The number of aromatic nitrogens is 1. The molecule has 0 aliphatic heterocycles. The van der Waals surface area contributed by atoms with Gasteiger partial charge in [-0.3, -0.25) is 0 Å². The van der Waals surface area contributed by atoms with Crippen LogP contribution >= 0.6 is 0 Å². The molecule has 0 N–H and O–H groups in total. The van der Waals surface area contributed by atoms with E-state index < -0.39 is 0 Å². The summed E-state index contributed by atoms with van der Waals surface area (Å²) in [5, 5.41) is 1.08. The summed E-state index contributed by atoms with van der Waals surface area (Å²) in [6.07, 6.45) is 3.79. The second kappa shape index (κ2) is 7.43. The number of hydrogen-bond donors (Lipinski definition) is 0. The molecule has 0 aliphatic carbocycles. The van der Waals surface area contributed by atoms with Crippen molar-refractivity contribution in [2.24, 2.45) is 4.99 Å². The Morgan fingerprint density at radius 2 is 1.60 bits per heavy atom. The van der Waals surface area contributed by atoms with Gasteiger partial charge in [0, 0.05) is 0 Å². The van der Waals surface area contributed by atoms with Gasteiger partial charge in [-0.2, -0.15) is 0 Å². The maximum absolute atomic E-state index is 4.75. The van der Waals surface area contributed by atoms with Crippen LogP contribution in [0.1, 0.15) is 5.56 Å². The van der Waals surface area contributed by atoms with E-state index >= 15 is 0 Å². The summed E-state index contributed by atoms with van der Waals surface area (Å²) in [5.41, 5.74) is 3.10. The normalized spacial score (nSPS) is 11.2. The molecule has 0 amide bonds. The molecular formula is C22H16N2Se. The molecule has 1 heterocycles. The summed E-state index contributed by atoms with van der Waals surface area (Å²) >= 11 is 0.268. The van der Waals surface area contributed by atoms with Crippen LogP contribution in [0.25, 0.3) is 10.9 Å². The zero-order chi connectivity index (χ0) is 16.9. The third-order valence-electron chi connectivity index (χ3n) is 3.86. The molecule has 0 radical (unpaired) electrons. The molecule has 4 rings (SSSR count). The van der Waals surface area contributed by atoms with E-state index in [9.17, 15) is 0 Å². The Balaban J connectivity index is 1.67. The van der Waals surface area contributed by atoms with Gasteiger partial charge in [0.2, 0.25) is 0 Å². The average Bonchev–Trinajstić information content (AvgIpc) is 2.68. The molecule has 4 aromatic rings. The van der Waals surface area contributed by atoms with E-state index in [4.69, 9.17) is 4.99 Å². The van der Waals surface area contributed by atoms with E-state index in [1.165, 1.54) is 14.5 Å². The third-order valence-corrected chi connectivity index (χ3v) is 6.16. The van der Waals surface area contributed by atoms with E-state index in [1.54, 1.807) is 0 Å². The van der Waals surface area contributed by atoms with Crippen molar-refractivity contribution in [3.63, 3.8) is 0 Å². The Kier molecular flexibility index (Phi) is 4.69. The van der Waals surface area contributed by atoms with Crippen molar-refractivity contribution in [1.29, 1.82) is 0 Å². The van der Waals surface area contributed by atoms with E-state index in [-0.39, 0.29) is 15.0 Å². The molecule has 2 nitrogen and oxygen atoms in total. The van der Waals surface area contributed by atoms with Gasteiger partial charge in [-0.05, 0) is 0 Å². The predicted molar refractivity (Wildman–Crippen MR) is 107 cm³/mol. The minimum atomic E-state index is 0.268. The van der Waals surface area contributed by atoms with Crippen LogP contribution in [0.4, 0.5) is 5.69 Å². The number of nitrogens with zero attached hydrogens (tertiary/aromatic N) is 2. The molecule has 0 bridgehead atoms. The van der Waals surface area contributed by atoms with Gasteiger partial charge in [0.15, 0.2) is 0 Å². The molecule has 0 unspecified atom stereocenters. The van der Waals surface area contributed by atoms with Gasteiger partial charge >= 0.3 is 153 Å². The summed E-state index contributed by atoms with van der Waals surface area (Å²) in [6.45, 7) is 0. The fraction of sp³-hybridized carbons (Fsp3) is 0. The fourth-order valence-electron chi connectivity index (χ4n) is 2.63. The zero-order valence-electron chi connectivity index (χ0n) is 13.5. The van der Waals surface area contributed by atoms with Crippen LogP contribution in [0.3, 0.4) is 0 Å². The van der Waals surface area contributed by atoms with Gasteiger partial charge < -0.3 is 0 Å². The van der Waals surface area contributed by atoms with Gasteiger partial charge in [0.25, 0.3) is 0 Å². The molecule has 0 spiro atoms. The van der Waals surface area contributed by atoms with E-state index in [1.807, 2.05) is 36.7 Å². The summed E-state index contributed by atoms with van der Waals surface area (Å²) in [7, 11) is 0. The van der Waals surface area contributed by atoms with E-state index in [0.717, 1.165) is 16.6 Å². The van der Waals surface area contributed by atoms with Crippen molar-refractivity contribution < 1.29 is 0 Å². The first-order chi connectivity index (χ1) is 12.4. The monoisotopic (exact) mass is 388 g/mol. The van der Waals surface area contributed by atoms with Crippen LogP contribution in [0.5, 0.6) is 0 Å². The summed E-state index contributed by atoms with van der Waals surface area (Å²) < 4.78 is 2.70. The van der Waals surface area contributed by atoms with Crippen LogP contribution < -0.4 is 8.92 Å². The number of fused-ring (bicyclic) bond motifs is 1. The molecule has 1 aromatic heterocycles. The molecule has 3 aromatic carbocycles. The second-order valence-corrected chi connectivity index (χ2v) is 7.90. The first-order valence-corrected chi connectivity index (χ1v) is 9.81. The molecule has 0 aliphatic rings. The molecule has 0 saturated carbocycles. The molecule has 0 saturated heterocycles. The molecule has 3 heteroatoms. The minimum absolute atomic E-state index is 0.268. The van der Waals surface area contributed by atoms with E-state index in [0.29, 0.717) is 0 Å². The number of aliphatic imine (C=N–C) groups is 1. The second-order valence-electron chi connectivity index (χ2n) is 5.56. The molecule has 0 fully saturated rings. The van der Waals surface area contributed by atoms with Crippen LogP contribution in [-0.4, -0.2) is 26.2 Å². The van der Waals surface area contributed by atoms with Crippen LogP contribution in [-0.2, 0) is 0 Å².